The molecule has 0 saturated carbocycles. The number of aliphatic imine (C=N–C) groups is 1. The summed E-state index contributed by atoms with van der Waals surface area (Å²) in [5, 5.41) is 0. The number of ketones is 1. The largest absolute Gasteiger partial charge is 0.465 e. The summed E-state index contributed by atoms with van der Waals surface area (Å²) in [7, 11) is 0. The summed E-state index contributed by atoms with van der Waals surface area (Å²) in [5.41, 5.74) is 7.36. The fraction of sp³-hybridized carbons (Fsp3) is 0.348. The van der Waals surface area contributed by atoms with Crippen molar-refractivity contribution < 1.29 is 14.3 Å². The Morgan fingerprint density at radius 1 is 1.14 bits per heavy atom. The number of carbonyl (C=O) groups is 2. The van der Waals surface area contributed by atoms with Crippen LogP contribution in [0.25, 0.3) is 11.8 Å². The Kier molecular flexibility index (Phi) is 5.36. The Morgan fingerprint density at radius 2 is 1.86 bits per heavy atom. The van der Waals surface area contributed by atoms with Gasteiger partial charge in [-0.15, -0.1) is 0 Å². The minimum atomic E-state index is -0.922. The highest BCUT2D eigenvalue weighted by molar-refractivity contribution is 6.28. The summed E-state index contributed by atoms with van der Waals surface area (Å²) in [6, 6.07) is 8.40. The van der Waals surface area contributed by atoms with Crippen molar-refractivity contribution in [3.05, 3.63) is 58.0 Å². The van der Waals surface area contributed by atoms with Crippen LogP contribution in [0.1, 0.15) is 41.9 Å². The van der Waals surface area contributed by atoms with Gasteiger partial charge in [0.05, 0.1) is 6.61 Å². The third-order valence-electron chi connectivity index (χ3n) is 5.26. The van der Waals surface area contributed by atoms with Crippen molar-refractivity contribution in [2.75, 3.05) is 6.61 Å². The Hall–Kier alpha value is -2.95. The standard InChI is InChI=1S/C23H26N2O3/c1-7-28-23(27)21-16(5)24-20(22(21)26)12-18-11-15(4)25(17(18)6)19-9-8-13(2)14(3)10-19/h8-12,21H,7H2,1-6H3/b20-12-. The topological polar surface area (TPSA) is 60.7 Å². The Morgan fingerprint density at radius 3 is 2.50 bits per heavy atom. The zero-order valence-electron chi connectivity index (χ0n) is 17.3. The predicted octanol–water partition coefficient (Wildman–Crippen LogP) is 4.27. The van der Waals surface area contributed by atoms with E-state index in [1.807, 2.05) is 19.9 Å². The average Bonchev–Trinajstić information content (AvgIpc) is 3.06. The number of Topliss-reactive ketones (excluding diaryl/α,β-unsaturated/α-hetero) is 1. The number of nitrogens with zero attached hydrogens (tertiary/aromatic N) is 2. The fourth-order valence-electron chi connectivity index (χ4n) is 3.60. The summed E-state index contributed by atoms with van der Waals surface area (Å²) >= 11 is 0. The number of rotatable bonds is 4. The maximum Gasteiger partial charge on any atom is 0.322 e. The van der Waals surface area contributed by atoms with Crippen LogP contribution in [0.15, 0.2) is 35.0 Å². The van der Waals surface area contributed by atoms with Crippen LogP contribution in [-0.4, -0.2) is 28.6 Å². The highest BCUT2D eigenvalue weighted by Crippen LogP contribution is 2.28. The van der Waals surface area contributed by atoms with Crippen LogP contribution in [0.5, 0.6) is 0 Å². The summed E-state index contributed by atoms with van der Waals surface area (Å²) in [6.45, 7) is 11.9. The lowest BCUT2D eigenvalue weighted by Crippen LogP contribution is -2.28. The van der Waals surface area contributed by atoms with Crippen molar-refractivity contribution in [2.45, 2.75) is 41.5 Å². The maximum atomic E-state index is 12.7. The maximum absolute atomic E-state index is 12.7. The Labute approximate surface area is 165 Å². The van der Waals surface area contributed by atoms with Gasteiger partial charge in [0.1, 0.15) is 5.70 Å². The highest BCUT2D eigenvalue weighted by Gasteiger charge is 2.38. The van der Waals surface area contributed by atoms with Gasteiger partial charge in [-0.3, -0.25) is 14.6 Å². The molecule has 0 fully saturated rings. The van der Waals surface area contributed by atoms with E-state index in [-0.39, 0.29) is 12.4 Å². The van der Waals surface area contributed by atoms with Crippen LogP contribution >= 0.6 is 0 Å². The van der Waals surface area contributed by atoms with E-state index >= 15 is 0 Å². The molecule has 1 aromatic carbocycles. The fourth-order valence-corrected chi connectivity index (χ4v) is 3.60. The van der Waals surface area contributed by atoms with Crippen LogP contribution < -0.4 is 0 Å². The number of aromatic nitrogens is 1. The molecular weight excluding hydrogens is 352 g/mol. The van der Waals surface area contributed by atoms with Gasteiger partial charge in [-0.1, -0.05) is 6.07 Å². The van der Waals surface area contributed by atoms with E-state index in [2.05, 4.69) is 41.6 Å². The molecule has 0 spiro atoms. The van der Waals surface area contributed by atoms with Crippen LogP contribution in [0, 0.1) is 33.6 Å². The molecule has 1 aliphatic heterocycles. The number of allylic oxidation sites excluding steroid dienone is 1. The van der Waals surface area contributed by atoms with E-state index in [9.17, 15) is 9.59 Å². The van der Waals surface area contributed by atoms with Gasteiger partial charge in [0.15, 0.2) is 5.92 Å². The van der Waals surface area contributed by atoms with Crippen LogP contribution in [0.2, 0.25) is 0 Å². The highest BCUT2D eigenvalue weighted by atomic mass is 16.5. The first kappa shape index (κ1) is 19.8. The third-order valence-corrected chi connectivity index (χ3v) is 5.26. The van der Waals surface area contributed by atoms with Gasteiger partial charge in [-0.05, 0) is 82.5 Å². The number of esters is 1. The van der Waals surface area contributed by atoms with Gasteiger partial charge in [0, 0.05) is 22.8 Å². The molecule has 1 unspecified atom stereocenters. The van der Waals surface area contributed by atoms with E-state index < -0.39 is 11.9 Å². The number of ether oxygens (including phenoxy) is 1. The van der Waals surface area contributed by atoms with Gasteiger partial charge >= 0.3 is 5.97 Å². The Bertz CT molecular complexity index is 1020. The average molecular weight is 378 g/mol. The van der Waals surface area contributed by atoms with Crippen molar-refractivity contribution in [1.82, 2.24) is 4.57 Å². The van der Waals surface area contributed by atoms with Crippen LogP contribution in [-0.2, 0) is 14.3 Å². The summed E-state index contributed by atoms with van der Waals surface area (Å²) < 4.78 is 7.18. The molecule has 1 aromatic heterocycles. The molecule has 1 aliphatic rings. The molecule has 0 N–H and O–H groups in total. The molecule has 5 nitrogen and oxygen atoms in total. The molecule has 28 heavy (non-hydrogen) atoms. The van der Waals surface area contributed by atoms with Gasteiger partial charge in [-0.25, -0.2) is 0 Å². The second-order valence-electron chi connectivity index (χ2n) is 7.26. The van der Waals surface area contributed by atoms with E-state index in [0.29, 0.717) is 11.4 Å². The second-order valence-corrected chi connectivity index (χ2v) is 7.26. The summed E-state index contributed by atoms with van der Waals surface area (Å²) in [5.74, 6) is -1.75. The van der Waals surface area contributed by atoms with Gasteiger partial charge in [0.2, 0.25) is 5.78 Å². The minimum absolute atomic E-state index is 0.242. The van der Waals surface area contributed by atoms with Crippen molar-refractivity contribution in [3.63, 3.8) is 0 Å². The molecule has 0 radical (unpaired) electrons. The lowest BCUT2D eigenvalue weighted by molar-refractivity contribution is -0.147. The van der Waals surface area contributed by atoms with E-state index in [4.69, 9.17) is 4.74 Å². The summed E-state index contributed by atoms with van der Waals surface area (Å²) in [4.78, 5) is 29.1. The van der Waals surface area contributed by atoms with Crippen molar-refractivity contribution in [2.24, 2.45) is 10.9 Å². The number of benzene rings is 1. The first-order valence-corrected chi connectivity index (χ1v) is 9.48. The molecule has 2 heterocycles. The van der Waals surface area contributed by atoms with Crippen molar-refractivity contribution in [3.8, 4) is 5.69 Å². The van der Waals surface area contributed by atoms with Crippen LogP contribution in [0.3, 0.4) is 0 Å². The van der Waals surface area contributed by atoms with E-state index in [0.717, 1.165) is 22.6 Å². The predicted molar refractivity (Wildman–Crippen MR) is 111 cm³/mol. The SMILES string of the molecule is CCOC(=O)C1C(=O)/C(=C/c2cc(C)n(-c3ccc(C)c(C)c3)c2C)N=C1C. The molecule has 0 bridgehead atoms. The third kappa shape index (κ3) is 3.44. The van der Waals surface area contributed by atoms with Gasteiger partial charge in [0.25, 0.3) is 0 Å². The number of aryl methyl sites for hydroxylation is 3. The number of carbonyl (C=O) groups excluding carboxylic acids is 2. The molecule has 2 aromatic rings. The van der Waals surface area contributed by atoms with Crippen molar-refractivity contribution >= 4 is 23.5 Å². The molecule has 146 valence electrons. The first-order chi connectivity index (χ1) is 13.2. The Balaban J connectivity index is 1.99. The molecule has 0 aliphatic carbocycles. The smallest absolute Gasteiger partial charge is 0.322 e. The molecular formula is C23H26N2O3. The van der Waals surface area contributed by atoms with Gasteiger partial charge in [-0.2, -0.15) is 0 Å². The molecule has 5 heteroatoms. The van der Waals surface area contributed by atoms with E-state index in [1.54, 1.807) is 19.9 Å². The zero-order valence-corrected chi connectivity index (χ0v) is 17.3. The molecule has 0 amide bonds. The summed E-state index contributed by atoms with van der Waals surface area (Å²) in [6.07, 6.45) is 1.77. The minimum Gasteiger partial charge on any atom is -0.465 e. The van der Waals surface area contributed by atoms with Crippen LogP contribution in [0.4, 0.5) is 0 Å². The molecule has 1 atom stereocenters. The quantitative estimate of drug-likeness (QED) is 0.453. The monoisotopic (exact) mass is 378 g/mol. The second kappa shape index (κ2) is 7.58. The van der Waals surface area contributed by atoms with Crippen molar-refractivity contribution in [1.29, 1.82) is 0 Å². The lowest BCUT2D eigenvalue weighted by Gasteiger charge is -2.12. The molecule has 3 rings (SSSR count). The number of hydrogen-bond acceptors (Lipinski definition) is 4. The van der Waals surface area contributed by atoms with E-state index in [1.165, 1.54) is 11.1 Å². The lowest BCUT2D eigenvalue weighted by atomic mass is 10.0. The number of hydrogen-bond donors (Lipinski definition) is 0. The van der Waals surface area contributed by atoms with Gasteiger partial charge < -0.3 is 9.30 Å². The zero-order chi connectivity index (χ0) is 20.6. The normalized spacial score (nSPS) is 17.9. The molecule has 0 saturated heterocycles. The first-order valence-electron chi connectivity index (χ1n) is 9.48.